The average Bonchev–Trinajstić information content (AvgIpc) is 2.83. The molecule has 2 aromatic rings. The Morgan fingerprint density at radius 3 is 2.82 bits per heavy atom. The number of aliphatic hydroxyl groups is 1. The molecule has 17 heavy (non-hydrogen) atoms. The Balaban J connectivity index is 1.85. The maximum absolute atomic E-state index is 8.73. The van der Waals surface area contributed by atoms with Gasteiger partial charge in [-0.1, -0.05) is 0 Å². The first-order chi connectivity index (χ1) is 8.38. The molecule has 0 spiro atoms. The van der Waals surface area contributed by atoms with Crippen molar-refractivity contribution in [2.45, 2.75) is 18.3 Å². The third kappa shape index (κ3) is 3.96. The SMILES string of the molecule is OCCCc1cn(C[Se]c2ccccc2)nn1. The van der Waals surface area contributed by atoms with Crippen LogP contribution in [0.25, 0.3) is 0 Å². The van der Waals surface area contributed by atoms with Crippen molar-refractivity contribution in [2.24, 2.45) is 0 Å². The number of aryl methyl sites for hydroxylation is 1. The summed E-state index contributed by atoms with van der Waals surface area (Å²) in [6.07, 6.45) is 3.53. The summed E-state index contributed by atoms with van der Waals surface area (Å²) in [7, 11) is 0. The van der Waals surface area contributed by atoms with Crippen LogP contribution in [-0.4, -0.2) is 41.7 Å². The predicted molar refractivity (Wildman–Crippen MR) is 67.3 cm³/mol. The second-order valence-electron chi connectivity index (χ2n) is 3.66. The van der Waals surface area contributed by atoms with E-state index in [1.807, 2.05) is 16.9 Å². The summed E-state index contributed by atoms with van der Waals surface area (Å²) in [4.78, 5) is 0. The Morgan fingerprint density at radius 2 is 2.06 bits per heavy atom. The Labute approximate surface area is 107 Å². The van der Waals surface area contributed by atoms with Gasteiger partial charge in [-0.3, -0.25) is 0 Å². The molecule has 1 aromatic carbocycles. The molecule has 5 heteroatoms. The molecule has 1 N–H and O–H groups in total. The fourth-order valence-corrected chi connectivity index (χ4v) is 3.02. The molecule has 0 aliphatic rings. The minimum absolute atomic E-state index is 0.209. The van der Waals surface area contributed by atoms with Crippen molar-refractivity contribution in [3.05, 3.63) is 42.2 Å². The van der Waals surface area contributed by atoms with Crippen LogP contribution in [0.2, 0.25) is 0 Å². The molecule has 0 bridgehead atoms. The van der Waals surface area contributed by atoms with E-state index in [0.717, 1.165) is 24.0 Å². The molecular formula is C12H15N3OSe. The molecule has 0 saturated heterocycles. The zero-order valence-electron chi connectivity index (χ0n) is 9.49. The Bertz CT molecular complexity index is 444. The maximum atomic E-state index is 8.73. The molecule has 1 aromatic heterocycles. The van der Waals surface area contributed by atoms with Crippen molar-refractivity contribution in [2.75, 3.05) is 6.61 Å². The normalized spacial score (nSPS) is 10.6. The van der Waals surface area contributed by atoms with E-state index in [9.17, 15) is 0 Å². The van der Waals surface area contributed by atoms with Gasteiger partial charge in [0.1, 0.15) is 0 Å². The molecule has 0 aliphatic carbocycles. The van der Waals surface area contributed by atoms with E-state index in [0.29, 0.717) is 15.0 Å². The number of aliphatic hydroxyl groups excluding tert-OH is 1. The topological polar surface area (TPSA) is 50.9 Å². The van der Waals surface area contributed by atoms with Crippen molar-refractivity contribution in [1.29, 1.82) is 0 Å². The van der Waals surface area contributed by atoms with Gasteiger partial charge in [0.15, 0.2) is 0 Å². The van der Waals surface area contributed by atoms with E-state index < -0.39 is 0 Å². The van der Waals surface area contributed by atoms with Crippen molar-refractivity contribution < 1.29 is 5.11 Å². The van der Waals surface area contributed by atoms with E-state index in [4.69, 9.17) is 5.11 Å². The second kappa shape index (κ2) is 6.54. The van der Waals surface area contributed by atoms with Gasteiger partial charge in [-0.2, -0.15) is 0 Å². The summed E-state index contributed by atoms with van der Waals surface area (Å²) >= 11 is 0.392. The Kier molecular flexibility index (Phi) is 4.74. The number of aromatic nitrogens is 3. The molecule has 0 aliphatic heterocycles. The summed E-state index contributed by atoms with van der Waals surface area (Å²) in [6.45, 7) is 0.209. The van der Waals surface area contributed by atoms with E-state index in [1.54, 1.807) is 0 Å². The molecule has 4 nitrogen and oxygen atoms in total. The van der Waals surface area contributed by atoms with Crippen LogP contribution in [0.15, 0.2) is 36.5 Å². The molecule has 2 rings (SSSR count). The zero-order chi connectivity index (χ0) is 11.9. The number of rotatable bonds is 6. The quantitative estimate of drug-likeness (QED) is 0.774. The number of hydrogen-bond donors (Lipinski definition) is 1. The van der Waals surface area contributed by atoms with Crippen LogP contribution in [0.1, 0.15) is 12.1 Å². The Morgan fingerprint density at radius 1 is 1.24 bits per heavy atom. The van der Waals surface area contributed by atoms with Gasteiger partial charge < -0.3 is 0 Å². The van der Waals surface area contributed by atoms with Gasteiger partial charge in [-0.15, -0.1) is 0 Å². The zero-order valence-corrected chi connectivity index (χ0v) is 11.2. The van der Waals surface area contributed by atoms with Gasteiger partial charge in [0.05, 0.1) is 0 Å². The number of benzene rings is 1. The first-order valence-electron chi connectivity index (χ1n) is 5.56. The molecule has 0 atom stereocenters. The minimum atomic E-state index is 0.209. The summed E-state index contributed by atoms with van der Waals surface area (Å²) in [6, 6.07) is 10.4. The van der Waals surface area contributed by atoms with E-state index in [2.05, 4.69) is 34.6 Å². The summed E-state index contributed by atoms with van der Waals surface area (Å²) < 4.78 is 3.26. The summed E-state index contributed by atoms with van der Waals surface area (Å²) in [5.41, 5.74) is 1.87. The molecule has 0 amide bonds. The van der Waals surface area contributed by atoms with Crippen LogP contribution in [0.5, 0.6) is 0 Å². The molecule has 1 heterocycles. The summed E-state index contributed by atoms with van der Waals surface area (Å²) in [5.74, 6) is 0. The number of nitrogens with zero attached hydrogens (tertiary/aromatic N) is 3. The molecule has 0 fully saturated rings. The third-order valence-electron chi connectivity index (χ3n) is 2.28. The van der Waals surface area contributed by atoms with Gasteiger partial charge in [0, 0.05) is 0 Å². The van der Waals surface area contributed by atoms with Crippen LogP contribution in [0.3, 0.4) is 0 Å². The molecule has 0 unspecified atom stereocenters. The van der Waals surface area contributed by atoms with Gasteiger partial charge in [0.25, 0.3) is 0 Å². The van der Waals surface area contributed by atoms with Crippen LogP contribution in [0.4, 0.5) is 0 Å². The first kappa shape index (κ1) is 12.3. The van der Waals surface area contributed by atoms with E-state index >= 15 is 0 Å². The van der Waals surface area contributed by atoms with Gasteiger partial charge >= 0.3 is 107 Å². The predicted octanol–water partition coefficient (Wildman–Crippen LogP) is 0.190. The van der Waals surface area contributed by atoms with Crippen LogP contribution in [-0.2, 0) is 11.9 Å². The van der Waals surface area contributed by atoms with E-state index in [1.165, 1.54) is 4.46 Å². The van der Waals surface area contributed by atoms with Crippen molar-refractivity contribution >= 4 is 19.4 Å². The van der Waals surface area contributed by atoms with Gasteiger partial charge in [-0.25, -0.2) is 0 Å². The van der Waals surface area contributed by atoms with Gasteiger partial charge in [-0.05, 0) is 0 Å². The Hall–Kier alpha value is -1.16. The molecule has 0 radical (unpaired) electrons. The van der Waals surface area contributed by atoms with Crippen molar-refractivity contribution in [3.63, 3.8) is 0 Å². The van der Waals surface area contributed by atoms with E-state index in [-0.39, 0.29) is 6.61 Å². The number of hydrogen-bond acceptors (Lipinski definition) is 3. The summed E-state index contributed by atoms with van der Waals surface area (Å²) in [5, 5.41) is 16.9. The molecule has 0 saturated carbocycles. The first-order valence-corrected chi connectivity index (χ1v) is 7.63. The van der Waals surface area contributed by atoms with Crippen LogP contribution >= 0.6 is 0 Å². The van der Waals surface area contributed by atoms with Crippen molar-refractivity contribution in [3.8, 4) is 0 Å². The standard InChI is InChI=1S/C12H15N3OSe/c16-8-4-5-11-9-15(14-13-11)10-17-12-6-2-1-3-7-12/h1-3,6-7,9,16H,4-5,8,10H2. The molecular weight excluding hydrogens is 281 g/mol. The fourth-order valence-electron chi connectivity index (χ4n) is 1.43. The van der Waals surface area contributed by atoms with Crippen molar-refractivity contribution in [1.82, 2.24) is 15.0 Å². The van der Waals surface area contributed by atoms with Crippen LogP contribution < -0.4 is 4.46 Å². The molecule has 90 valence electrons. The third-order valence-corrected chi connectivity index (χ3v) is 4.38. The average molecular weight is 296 g/mol. The van der Waals surface area contributed by atoms with Crippen LogP contribution in [0, 0.1) is 0 Å². The van der Waals surface area contributed by atoms with Gasteiger partial charge in [0.2, 0.25) is 0 Å². The monoisotopic (exact) mass is 297 g/mol. The second-order valence-corrected chi connectivity index (χ2v) is 5.80. The fraction of sp³-hybridized carbons (Fsp3) is 0.333.